The standard InChI is InChI=1S/C21H29F3N6O/c1-5-13-9-18(21(22,23)24)30-19(25-13)11-15(27-30)16-7-6-8-29(16)20(31)17-10-14(12(2)3)26-28(17)4/h10-13,16,18,25H,5-9H2,1-4H3/t13-,16?,18-/m1/s1. The van der Waals surface area contributed by atoms with E-state index in [1.165, 1.54) is 0 Å². The molecule has 2 aromatic rings. The Balaban J connectivity index is 1.64. The lowest BCUT2D eigenvalue weighted by Crippen LogP contribution is -2.39. The molecule has 1 fully saturated rings. The summed E-state index contributed by atoms with van der Waals surface area (Å²) in [6, 6.07) is 1.22. The lowest BCUT2D eigenvalue weighted by Gasteiger charge is -2.32. The smallest absolute Gasteiger partial charge is 0.367 e. The molecular weight excluding hydrogens is 409 g/mol. The van der Waals surface area contributed by atoms with E-state index < -0.39 is 12.2 Å². The van der Waals surface area contributed by atoms with Gasteiger partial charge in [0.1, 0.15) is 11.5 Å². The molecule has 0 bridgehead atoms. The van der Waals surface area contributed by atoms with Gasteiger partial charge in [0, 0.05) is 25.7 Å². The van der Waals surface area contributed by atoms with Crippen molar-refractivity contribution >= 4 is 11.7 Å². The second-order valence-corrected chi connectivity index (χ2v) is 8.83. The number of aromatic nitrogens is 4. The molecule has 1 amide bonds. The third kappa shape index (κ3) is 3.92. The number of carbonyl (C=O) groups is 1. The molecule has 4 rings (SSSR count). The first-order chi connectivity index (χ1) is 14.6. The molecule has 7 nitrogen and oxygen atoms in total. The van der Waals surface area contributed by atoms with Crippen molar-refractivity contribution in [3.63, 3.8) is 0 Å². The number of halogens is 3. The van der Waals surface area contributed by atoms with Crippen LogP contribution in [0.25, 0.3) is 0 Å². The SMILES string of the molecule is CC[C@@H]1C[C@H](C(F)(F)F)n2nc(C3CCCN3C(=O)c3cc(C(C)C)nn3C)cc2N1. The van der Waals surface area contributed by atoms with E-state index in [1.54, 1.807) is 28.8 Å². The van der Waals surface area contributed by atoms with Crippen LogP contribution in [0.3, 0.4) is 0 Å². The Hall–Kier alpha value is -2.52. The van der Waals surface area contributed by atoms with Crippen LogP contribution in [0, 0.1) is 0 Å². The van der Waals surface area contributed by atoms with Crippen LogP contribution >= 0.6 is 0 Å². The first-order valence-electron chi connectivity index (χ1n) is 10.9. The second kappa shape index (κ2) is 7.87. The van der Waals surface area contributed by atoms with Crippen LogP contribution < -0.4 is 5.32 Å². The normalized spacial score (nSPS) is 23.9. The maximum atomic E-state index is 13.7. The van der Waals surface area contributed by atoms with E-state index in [0.29, 0.717) is 36.6 Å². The molecule has 0 aliphatic carbocycles. The van der Waals surface area contributed by atoms with Gasteiger partial charge in [-0.05, 0) is 37.7 Å². The first kappa shape index (κ1) is 21.7. The Kier molecular flexibility index (Phi) is 5.51. The van der Waals surface area contributed by atoms with E-state index >= 15 is 0 Å². The van der Waals surface area contributed by atoms with E-state index in [4.69, 9.17) is 0 Å². The molecule has 2 aliphatic rings. The average Bonchev–Trinajstić information content (AvgIpc) is 3.42. The van der Waals surface area contributed by atoms with Gasteiger partial charge in [0.25, 0.3) is 5.91 Å². The van der Waals surface area contributed by atoms with E-state index in [2.05, 4.69) is 15.5 Å². The van der Waals surface area contributed by atoms with Crippen molar-refractivity contribution in [2.75, 3.05) is 11.9 Å². The maximum absolute atomic E-state index is 13.7. The van der Waals surface area contributed by atoms with Crippen molar-refractivity contribution in [2.45, 2.75) is 76.7 Å². The van der Waals surface area contributed by atoms with Crippen molar-refractivity contribution in [2.24, 2.45) is 7.05 Å². The number of rotatable bonds is 4. The van der Waals surface area contributed by atoms with E-state index in [0.717, 1.165) is 16.8 Å². The number of fused-ring (bicyclic) bond motifs is 1. The van der Waals surface area contributed by atoms with Gasteiger partial charge in [0.2, 0.25) is 0 Å². The highest BCUT2D eigenvalue weighted by molar-refractivity contribution is 5.93. The quantitative estimate of drug-likeness (QED) is 0.768. The molecule has 10 heteroatoms. The van der Waals surface area contributed by atoms with Gasteiger partial charge < -0.3 is 10.2 Å². The fourth-order valence-corrected chi connectivity index (χ4v) is 4.54. The predicted octanol–water partition coefficient (Wildman–Crippen LogP) is 4.41. The molecule has 1 saturated heterocycles. The minimum atomic E-state index is -4.37. The minimum absolute atomic E-state index is 0.0472. The van der Waals surface area contributed by atoms with Crippen molar-refractivity contribution in [3.05, 3.63) is 29.2 Å². The second-order valence-electron chi connectivity index (χ2n) is 8.83. The first-order valence-corrected chi connectivity index (χ1v) is 10.9. The number of carbonyl (C=O) groups excluding carboxylic acids is 1. The third-order valence-electron chi connectivity index (χ3n) is 6.34. The van der Waals surface area contributed by atoms with E-state index in [1.807, 2.05) is 20.8 Å². The highest BCUT2D eigenvalue weighted by Gasteiger charge is 2.46. The number of hydrogen-bond donors (Lipinski definition) is 1. The number of likely N-dealkylation sites (tertiary alicyclic amines) is 1. The van der Waals surface area contributed by atoms with Gasteiger partial charge in [-0.1, -0.05) is 20.8 Å². The van der Waals surface area contributed by atoms with Crippen LogP contribution in [0.2, 0.25) is 0 Å². The zero-order valence-electron chi connectivity index (χ0n) is 18.3. The molecule has 2 aromatic heterocycles. The van der Waals surface area contributed by atoms with Crippen LogP contribution in [0.4, 0.5) is 19.0 Å². The Labute approximate surface area is 179 Å². The van der Waals surface area contributed by atoms with Gasteiger partial charge in [-0.2, -0.15) is 23.4 Å². The lowest BCUT2D eigenvalue weighted by atomic mass is 10.0. The summed E-state index contributed by atoms with van der Waals surface area (Å²) in [5.41, 5.74) is 1.82. The zero-order chi connectivity index (χ0) is 22.5. The van der Waals surface area contributed by atoms with Crippen molar-refractivity contribution in [1.82, 2.24) is 24.5 Å². The van der Waals surface area contributed by atoms with Gasteiger partial charge in [0.05, 0.1) is 17.4 Å². The summed E-state index contributed by atoms with van der Waals surface area (Å²) in [5.74, 6) is 0.401. The predicted molar refractivity (Wildman–Crippen MR) is 110 cm³/mol. The monoisotopic (exact) mass is 438 g/mol. The van der Waals surface area contributed by atoms with Gasteiger partial charge in [-0.3, -0.25) is 9.48 Å². The van der Waals surface area contributed by atoms with Crippen LogP contribution in [-0.4, -0.2) is 49.1 Å². The average molecular weight is 438 g/mol. The molecule has 2 aliphatic heterocycles. The molecule has 0 spiro atoms. The third-order valence-corrected chi connectivity index (χ3v) is 6.34. The minimum Gasteiger partial charge on any atom is -0.367 e. The molecule has 4 heterocycles. The Morgan fingerprint density at radius 3 is 2.65 bits per heavy atom. The summed E-state index contributed by atoms with van der Waals surface area (Å²) in [5, 5.41) is 11.9. The molecule has 0 saturated carbocycles. The Bertz CT molecular complexity index is 963. The molecular formula is C21H29F3N6O. The molecule has 31 heavy (non-hydrogen) atoms. The van der Waals surface area contributed by atoms with Gasteiger partial charge in [-0.15, -0.1) is 0 Å². The molecule has 1 N–H and O–H groups in total. The Morgan fingerprint density at radius 2 is 2.03 bits per heavy atom. The van der Waals surface area contributed by atoms with Crippen molar-refractivity contribution in [3.8, 4) is 0 Å². The summed E-state index contributed by atoms with van der Waals surface area (Å²) in [7, 11) is 1.74. The van der Waals surface area contributed by atoms with Gasteiger partial charge >= 0.3 is 6.18 Å². The van der Waals surface area contributed by atoms with Crippen molar-refractivity contribution in [1.29, 1.82) is 0 Å². The highest BCUT2D eigenvalue weighted by Crippen LogP contribution is 2.42. The zero-order valence-corrected chi connectivity index (χ0v) is 18.3. The van der Waals surface area contributed by atoms with Crippen LogP contribution in [0.5, 0.6) is 0 Å². The number of nitrogens with zero attached hydrogens (tertiary/aromatic N) is 5. The number of anilines is 1. The van der Waals surface area contributed by atoms with Crippen LogP contribution in [0.15, 0.2) is 12.1 Å². The lowest BCUT2D eigenvalue weighted by molar-refractivity contribution is -0.173. The van der Waals surface area contributed by atoms with Gasteiger partial charge in [-0.25, -0.2) is 4.68 Å². The molecule has 3 atom stereocenters. The molecule has 0 aromatic carbocycles. The van der Waals surface area contributed by atoms with E-state index in [-0.39, 0.29) is 30.3 Å². The largest absolute Gasteiger partial charge is 0.410 e. The summed E-state index contributed by atoms with van der Waals surface area (Å²) in [4.78, 5) is 15.0. The van der Waals surface area contributed by atoms with Gasteiger partial charge in [0.15, 0.2) is 6.04 Å². The van der Waals surface area contributed by atoms with Crippen LogP contribution in [0.1, 0.15) is 86.3 Å². The fourth-order valence-electron chi connectivity index (χ4n) is 4.54. The van der Waals surface area contributed by atoms with E-state index in [9.17, 15) is 18.0 Å². The molecule has 170 valence electrons. The number of nitrogens with one attached hydrogen (secondary N) is 1. The topological polar surface area (TPSA) is 68.0 Å². The highest BCUT2D eigenvalue weighted by atomic mass is 19.4. The summed E-state index contributed by atoms with van der Waals surface area (Å²) in [6.45, 7) is 6.44. The molecule has 0 radical (unpaired) electrons. The van der Waals surface area contributed by atoms with Crippen molar-refractivity contribution < 1.29 is 18.0 Å². The molecule has 1 unspecified atom stereocenters. The number of amides is 1. The summed E-state index contributed by atoms with van der Waals surface area (Å²) >= 11 is 0. The number of alkyl halides is 3. The fraction of sp³-hybridized carbons (Fsp3) is 0.667. The number of hydrogen-bond acceptors (Lipinski definition) is 4. The van der Waals surface area contributed by atoms with Crippen LogP contribution in [-0.2, 0) is 7.05 Å². The summed E-state index contributed by atoms with van der Waals surface area (Å²) in [6.07, 6.45) is -2.37. The maximum Gasteiger partial charge on any atom is 0.410 e. The Morgan fingerprint density at radius 1 is 1.29 bits per heavy atom. The number of aryl methyl sites for hydroxylation is 1. The summed E-state index contributed by atoms with van der Waals surface area (Å²) < 4.78 is 43.7.